The molecule has 1 amide bonds. The molecule has 3 aromatic rings. The van der Waals surface area contributed by atoms with Crippen molar-refractivity contribution in [2.75, 3.05) is 7.05 Å². The van der Waals surface area contributed by atoms with E-state index in [2.05, 4.69) is 29.3 Å². The van der Waals surface area contributed by atoms with Gasteiger partial charge in [0.2, 0.25) is 0 Å². The topological polar surface area (TPSA) is 79.2 Å². The highest BCUT2D eigenvalue weighted by Gasteiger charge is 2.30. The molecule has 0 aromatic heterocycles. The number of amidine groups is 1. The molecule has 3 aromatic carbocycles. The van der Waals surface area contributed by atoms with Gasteiger partial charge in [-0.1, -0.05) is 61.7 Å². The van der Waals surface area contributed by atoms with Crippen molar-refractivity contribution >= 4 is 40.6 Å². The van der Waals surface area contributed by atoms with E-state index in [9.17, 15) is 14.0 Å². The van der Waals surface area contributed by atoms with Gasteiger partial charge in [0.1, 0.15) is 18.2 Å². The van der Waals surface area contributed by atoms with Crippen molar-refractivity contribution in [3.8, 4) is 5.75 Å². The molecular formula is C32H31FN2O4S. The van der Waals surface area contributed by atoms with Crippen molar-refractivity contribution < 1.29 is 23.8 Å². The molecule has 40 heavy (non-hydrogen) atoms. The van der Waals surface area contributed by atoms with Gasteiger partial charge in [0.15, 0.2) is 5.17 Å². The number of aliphatic imine (C=N–C) groups is 1. The summed E-state index contributed by atoms with van der Waals surface area (Å²) in [5, 5.41) is 9.30. The largest absolute Gasteiger partial charge is 0.489 e. The Hall–Kier alpha value is -3.91. The molecule has 5 rings (SSSR count). The van der Waals surface area contributed by atoms with Crippen molar-refractivity contribution in [2.45, 2.75) is 51.0 Å². The van der Waals surface area contributed by atoms with E-state index in [1.807, 2.05) is 24.3 Å². The van der Waals surface area contributed by atoms with Gasteiger partial charge in [-0.3, -0.25) is 14.5 Å². The molecule has 2 fully saturated rings. The van der Waals surface area contributed by atoms with Crippen molar-refractivity contribution in [2.24, 2.45) is 4.99 Å². The average molecular weight is 559 g/mol. The number of benzene rings is 3. The molecule has 0 bridgehead atoms. The lowest BCUT2D eigenvalue weighted by Crippen LogP contribution is -2.23. The van der Waals surface area contributed by atoms with E-state index in [-0.39, 0.29) is 11.5 Å². The molecule has 1 saturated heterocycles. The van der Waals surface area contributed by atoms with Crippen molar-refractivity contribution in [3.63, 3.8) is 0 Å². The van der Waals surface area contributed by atoms with Crippen LogP contribution in [0.25, 0.3) is 6.08 Å². The second-order valence-corrected chi connectivity index (χ2v) is 11.2. The Kier molecular flexibility index (Phi) is 8.65. The van der Waals surface area contributed by atoms with Crippen LogP contribution in [0.3, 0.4) is 0 Å². The molecule has 1 N–H and O–H groups in total. The van der Waals surface area contributed by atoms with E-state index < -0.39 is 18.2 Å². The van der Waals surface area contributed by atoms with Gasteiger partial charge in [0, 0.05) is 7.05 Å². The van der Waals surface area contributed by atoms with E-state index in [1.54, 1.807) is 19.2 Å². The lowest BCUT2D eigenvalue weighted by molar-refractivity contribution is -0.136. The monoisotopic (exact) mass is 558 g/mol. The zero-order chi connectivity index (χ0) is 28.1. The lowest BCUT2D eigenvalue weighted by atomic mass is 9.84. The summed E-state index contributed by atoms with van der Waals surface area (Å²) in [5.41, 5.74) is 3.80. The predicted molar refractivity (Wildman–Crippen MR) is 156 cm³/mol. The highest BCUT2D eigenvalue weighted by atomic mass is 32.2. The van der Waals surface area contributed by atoms with Crippen LogP contribution in [-0.2, 0) is 22.6 Å². The summed E-state index contributed by atoms with van der Waals surface area (Å²) in [6.07, 6.45) is 7.97. The number of aliphatic carboxylic acids is 1. The predicted octanol–water partition coefficient (Wildman–Crippen LogP) is 7.31. The summed E-state index contributed by atoms with van der Waals surface area (Å²) in [7, 11) is 1.61. The van der Waals surface area contributed by atoms with Crippen LogP contribution < -0.4 is 4.74 Å². The quantitative estimate of drug-likeness (QED) is 0.293. The van der Waals surface area contributed by atoms with Crippen LogP contribution in [0.4, 0.5) is 10.1 Å². The Balaban J connectivity index is 1.19. The zero-order valence-corrected chi connectivity index (χ0v) is 23.1. The third-order valence-corrected chi connectivity index (χ3v) is 8.31. The molecular weight excluding hydrogens is 527 g/mol. The highest BCUT2D eigenvalue weighted by Crippen LogP contribution is 2.34. The fraction of sp³-hybridized carbons (Fsp3) is 0.281. The van der Waals surface area contributed by atoms with Crippen LogP contribution in [0.5, 0.6) is 5.75 Å². The third kappa shape index (κ3) is 6.80. The Morgan fingerprint density at radius 3 is 2.48 bits per heavy atom. The Labute approximate surface area is 237 Å². The third-order valence-electron chi connectivity index (χ3n) is 7.25. The first-order valence-electron chi connectivity index (χ1n) is 13.4. The van der Waals surface area contributed by atoms with Gasteiger partial charge in [0.05, 0.1) is 17.0 Å². The van der Waals surface area contributed by atoms with E-state index >= 15 is 0 Å². The minimum Gasteiger partial charge on any atom is -0.489 e. The van der Waals surface area contributed by atoms with Crippen LogP contribution in [0.15, 0.2) is 76.6 Å². The number of thioether (sulfide) groups is 1. The minimum absolute atomic E-state index is 0.0838. The maximum absolute atomic E-state index is 14.3. The first-order valence-corrected chi connectivity index (χ1v) is 14.3. The average Bonchev–Trinajstić information content (AvgIpc) is 3.22. The number of carboxylic acid groups (broad SMARTS) is 1. The Morgan fingerprint density at radius 1 is 1.07 bits per heavy atom. The van der Waals surface area contributed by atoms with E-state index in [0.717, 1.165) is 16.9 Å². The number of hydrogen-bond acceptors (Lipinski definition) is 5. The van der Waals surface area contributed by atoms with E-state index in [1.165, 1.54) is 66.5 Å². The Bertz CT molecular complexity index is 1440. The molecule has 1 aliphatic heterocycles. The van der Waals surface area contributed by atoms with Crippen molar-refractivity contribution in [3.05, 3.63) is 99.7 Å². The molecule has 6 nitrogen and oxygen atoms in total. The molecule has 8 heteroatoms. The number of amides is 1. The summed E-state index contributed by atoms with van der Waals surface area (Å²) < 4.78 is 20.2. The summed E-state index contributed by atoms with van der Waals surface area (Å²) in [6, 6.07) is 20.5. The number of nitrogens with zero attached hydrogens (tertiary/aromatic N) is 2. The van der Waals surface area contributed by atoms with Crippen molar-refractivity contribution in [1.29, 1.82) is 0 Å². The van der Waals surface area contributed by atoms with Gasteiger partial charge >= 0.3 is 5.97 Å². The van der Waals surface area contributed by atoms with Crippen LogP contribution in [0.2, 0.25) is 0 Å². The fourth-order valence-electron chi connectivity index (χ4n) is 4.97. The SMILES string of the molecule is CN1C(=O)/C(=C/c2ccc(OCc3ccc(C4CCCCC4)cc3)cc2)SC1=Nc1ccc(CC(=O)O)c(F)c1. The molecule has 2 aliphatic rings. The van der Waals surface area contributed by atoms with E-state index in [4.69, 9.17) is 9.84 Å². The van der Waals surface area contributed by atoms with Gasteiger partial charge in [-0.05, 0) is 83.1 Å². The second kappa shape index (κ2) is 12.5. The van der Waals surface area contributed by atoms with Gasteiger partial charge in [-0.15, -0.1) is 0 Å². The van der Waals surface area contributed by atoms with E-state index in [0.29, 0.717) is 28.3 Å². The van der Waals surface area contributed by atoms with Gasteiger partial charge in [-0.25, -0.2) is 9.38 Å². The lowest BCUT2D eigenvalue weighted by Gasteiger charge is -2.22. The number of carboxylic acids is 1. The van der Waals surface area contributed by atoms with Gasteiger partial charge in [0.25, 0.3) is 5.91 Å². The zero-order valence-electron chi connectivity index (χ0n) is 22.3. The number of ether oxygens (including phenoxy) is 1. The number of carbonyl (C=O) groups is 2. The number of hydrogen-bond donors (Lipinski definition) is 1. The fourth-order valence-corrected chi connectivity index (χ4v) is 5.96. The molecule has 1 heterocycles. The maximum atomic E-state index is 14.3. The van der Waals surface area contributed by atoms with Crippen LogP contribution in [-0.4, -0.2) is 34.1 Å². The molecule has 0 spiro atoms. The molecule has 1 saturated carbocycles. The van der Waals surface area contributed by atoms with Crippen molar-refractivity contribution in [1.82, 2.24) is 4.90 Å². The normalized spacial score (nSPS) is 18.1. The van der Waals surface area contributed by atoms with Gasteiger partial charge in [-0.2, -0.15) is 0 Å². The highest BCUT2D eigenvalue weighted by molar-refractivity contribution is 8.18. The molecule has 0 atom stereocenters. The number of rotatable bonds is 8. The summed E-state index contributed by atoms with van der Waals surface area (Å²) in [4.78, 5) is 30.0. The first-order chi connectivity index (χ1) is 19.4. The standard InChI is InChI=1S/C32H31FN2O4S/c1-35-31(38)29(40-32(35)34-26-14-13-25(18-30(36)37)28(33)19-26)17-21-9-15-27(16-10-21)39-20-22-7-11-24(12-8-22)23-5-3-2-4-6-23/h7-17,19,23H,2-6,18,20H2,1H3,(H,36,37)/b29-17-,34-32?. The number of halogens is 1. The summed E-state index contributed by atoms with van der Waals surface area (Å²) in [5.74, 6) is -0.517. The van der Waals surface area contributed by atoms with Crippen LogP contribution >= 0.6 is 11.8 Å². The Morgan fingerprint density at radius 2 is 1.80 bits per heavy atom. The molecule has 206 valence electrons. The molecule has 0 unspecified atom stereocenters. The molecule has 1 aliphatic carbocycles. The maximum Gasteiger partial charge on any atom is 0.307 e. The number of carbonyl (C=O) groups excluding carboxylic acids is 1. The summed E-state index contributed by atoms with van der Waals surface area (Å²) >= 11 is 1.20. The van der Waals surface area contributed by atoms with Crippen LogP contribution in [0.1, 0.15) is 60.3 Å². The first kappa shape index (κ1) is 27.6. The van der Waals surface area contributed by atoms with Gasteiger partial charge < -0.3 is 9.84 Å². The molecule has 0 radical (unpaired) electrons. The smallest absolute Gasteiger partial charge is 0.307 e. The second-order valence-electron chi connectivity index (χ2n) is 10.1. The summed E-state index contributed by atoms with van der Waals surface area (Å²) in [6.45, 7) is 0.488. The van der Waals surface area contributed by atoms with Crippen LogP contribution in [0, 0.1) is 5.82 Å². The minimum atomic E-state index is -1.11. The number of likely N-dealkylation sites (N-methyl/N-ethyl adjacent to an activating group) is 1.